The van der Waals surface area contributed by atoms with Gasteiger partial charge in [-0.15, -0.1) is 0 Å². The fourth-order valence-electron chi connectivity index (χ4n) is 2.43. The van der Waals surface area contributed by atoms with Crippen LogP contribution in [0, 0.1) is 0 Å². The molecule has 0 spiro atoms. The Labute approximate surface area is 134 Å². The normalized spacial score (nSPS) is 10.1. The molecular formula is C17H20N4O2. The number of carbonyl (C=O) groups excluding carboxylic acids is 1. The number of nitrogens with two attached hydrogens (primary N) is 1. The first-order valence-electron chi connectivity index (χ1n) is 7.19. The first-order valence-corrected chi connectivity index (χ1v) is 7.19. The van der Waals surface area contributed by atoms with Crippen LogP contribution in [0.15, 0.2) is 54.7 Å². The topological polar surface area (TPSA) is 114 Å². The van der Waals surface area contributed by atoms with Gasteiger partial charge in [0.15, 0.2) is 0 Å². The largest absolute Gasteiger partial charge is 0.412 e. The molecule has 1 heterocycles. The maximum absolute atomic E-state index is 12.0. The molecule has 1 aromatic heterocycles. The van der Waals surface area contributed by atoms with Crippen molar-refractivity contribution < 1.29 is 10.3 Å². The SMILES string of the molecule is NCCc1c[nH]c2ccc(NC(=O)Nc3ccccc3)cc12.O. The van der Waals surface area contributed by atoms with Gasteiger partial charge in [0.1, 0.15) is 0 Å². The average Bonchev–Trinajstić information content (AvgIpc) is 2.91. The Bertz CT molecular complexity index is 784. The molecule has 2 aromatic carbocycles. The quantitative estimate of drug-likeness (QED) is 0.593. The minimum absolute atomic E-state index is 0. The van der Waals surface area contributed by atoms with E-state index in [1.807, 2.05) is 54.7 Å². The Kier molecular flexibility index (Phi) is 5.35. The number of benzene rings is 2. The number of aromatic nitrogens is 1. The fourth-order valence-corrected chi connectivity index (χ4v) is 2.43. The average molecular weight is 312 g/mol. The first-order chi connectivity index (χ1) is 10.8. The summed E-state index contributed by atoms with van der Waals surface area (Å²) in [7, 11) is 0. The van der Waals surface area contributed by atoms with Crippen LogP contribution in [0.5, 0.6) is 0 Å². The third-order valence-corrected chi connectivity index (χ3v) is 3.47. The van der Waals surface area contributed by atoms with Crippen molar-refractivity contribution >= 4 is 28.3 Å². The van der Waals surface area contributed by atoms with Crippen molar-refractivity contribution in [3.8, 4) is 0 Å². The Balaban J connectivity index is 0.00000192. The molecule has 3 aromatic rings. The molecule has 3 rings (SSSR count). The molecular weight excluding hydrogens is 292 g/mol. The van der Waals surface area contributed by atoms with Gasteiger partial charge in [-0.3, -0.25) is 0 Å². The number of carbonyl (C=O) groups is 1. The fraction of sp³-hybridized carbons (Fsp3) is 0.118. The molecule has 23 heavy (non-hydrogen) atoms. The van der Waals surface area contributed by atoms with Crippen LogP contribution in [-0.4, -0.2) is 23.0 Å². The van der Waals surface area contributed by atoms with Gasteiger partial charge in [0.25, 0.3) is 0 Å². The second kappa shape index (κ2) is 7.44. The van der Waals surface area contributed by atoms with Crippen LogP contribution in [0.1, 0.15) is 5.56 Å². The van der Waals surface area contributed by atoms with Gasteiger partial charge in [0.05, 0.1) is 0 Å². The van der Waals surface area contributed by atoms with Crippen LogP contribution < -0.4 is 16.4 Å². The van der Waals surface area contributed by atoms with Crippen molar-refractivity contribution in [1.29, 1.82) is 0 Å². The van der Waals surface area contributed by atoms with Gasteiger partial charge in [0, 0.05) is 28.5 Å². The summed E-state index contributed by atoms with van der Waals surface area (Å²) in [5.74, 6) is 0. The van der Waals surface area contributed by atoms with Gasteiger partial charge in [-0.05, 0) is 48.9 Å². The number of urea groups is 1. The van der Waals surface area contributed by atoms with E-state index in [1.165, 1.54) is 0 Å². The summed E-state index contributed by atoms with van der Waals surface area (Å²) in [5, 5.41) is 6.73. The smallest absolute Gasteiger partial charge is 0.323 e. The van der Waals surface area contributed by atoms with E-state index in [0.29, 0.717) is 6.54 Å². The third kappa shape index (κ3) is 3.88. The van der Waals surface area contributed by atoms with E-state index in [9.17, 15) is 4.79 Å². The van der Waals surface area contributed by atoms with Gasteiger partial charge in [0.2, 0.25) is 0 Å². The van der Waals surface area contributed by atoms with Crippen LogP contribution in [0.2, 0.25) is 0 Å². The minimum Gasteiger partial charge on any atom is -0.412 e. The van der Waals surface area contributed by atoms with Crippen molar-refractivity contribution in [2.45, 2.75) is 6.42 Å². The van der Waals surface area contributed by atoms with Crippen LogP contribution >= 0.6 is 0 Å². The summed E-state index contributed by atoms with van der Waals surface area (Å²) < 4.78 is 0. The highest BCUT2D eigenvalue weighted by Crippen LogP contribution is 2.22. The molecule has 0 unspecified atom stereocenters. The monoisotopic (exact) mass is 312 g/mol. The second-order valence-electron chi connectivity index (χ2n) is 5.06. The predicted octanol–water partition coefficient (Wildman–Crippen LogP) is 2.49. The number of amides is 2. The number of rotatable bonds is 4. The molecule has 0 aliphatic heterocycles. The maximum Gasteiger partial charge on any atom is 0.323 e. The van der Waals surface area contributed by atoms with Crippen molar-refractivity contribution in [1.82, 2.24) is 4.98 Å². The number of para-hydroxylation sites is 1. The molecule has 0 saturated carbocycles. The van der Waals surface area contributed by atoms with Gasteiger partial charge >= 0.3 is 6.03 Å². The summed E-state index contributed by atoms with van der Waals surface area (Å²) in [4.78, 5) is 15.2. The molecule has 0 saturated heterocycles. The molecule has 0 bridgehead atoms. The molecule has 0 atom stereocenters. The number of nitrogens with one attached hydrogen (secondary N) is 3. The third-order valence-electron chi connectivity index (χ3n) is 3.47. The zero-order chi connectivity index (χ0) is 15.4. The van der Waals surface area contributed by atoms with Gasteiger partial charge in [-0.25, -0.2) is 4.79 Å². The van der Waals surface area contributed by atoms with E-state index in [2.05, 4.69) is 15.6 Å². The number of H-pyrrole nitrogens is 1. The van der Waals surface area contributed by atoms with E-state index >= 15 is 0 Å². The lowest BCUT2D eigenvalue weighted by Gasteiger charge is -2.08. The summed E-state index contributed by atoms with van der Waals surface area (Å²) in [6, 6.07) is 14.9. The zero-order valence-corrected chi connectivity index (χ0v) is 12.6. The number of hydrogen-bond acceptors (Lipinski definition) is 2. The first kappa shape index (κ1) is 16.5. The minimum atomic E-state index is -0.263. The van der Waals surface area contributed by atoms with E-state index in [0.717, 1.165) is 34.3 Å². The van der Waals surface area contributed by atoms with E-state index in [1.54, 1.807) is 0 Å². The summed E-state index contributed by atoms with van der Waals surface area (Å²) in [6.07, 6.45) is 2.77. The lowest BCUT2D eigenvalue weighted by molar-refractivity contribution is 0.262. The maximum atomic E-state index is 12.0. The molecule has 0 radical (unpaired) electrons. The Hall–Kier alpha value is -2.83. The molecule has 6 nitrogen and oxygen atoms in total. The highest BCUT2D eigenvalue weighted by Gasteiger charge is 2.06. The highest BCUT2D eigenvalue weighted by molar-refractivity contribution is 6.01. The predicted molar refractivity (Wildman–Crippen MR) is 93.8 cm³/mol. The molecule has 120 valence electrons. The van der Waals surface area contributed by atoms with Crippen molar-refractivity contribution in [2.75, 3.05) is 17.2 Å². The highest BCUT2D eigenvalue weighted by atomic mass is 16.2. The number of anilines is 2. The lowest BCUT2D eigenvalue weighted by atomic mass is 10.1. The molecule has 6 heteroatoms. The molecule has 2 amide bonds. The van der Waals surface area contributed by atoms with E-state index in [4.69, 9.17) is 5.73 Å². The number of aromatic amines is 1. The molecule has 0 aliphatic carbocycles. The van der Waals surface area contributed by atoms with Gasteiger partial charge < -0.3 is 26.8 Å². The Morgan fingerprint density at radius 3 is 2.52 bits per heavy atom. The summed E-state index contributed by atoms with van der Waals surface area (Å²) in [6.45, 7) is 0.596. The zero-order valence-electron chi connectivity index (χ0n) is 12.6. The number of fused-ring (bicyclic) bond motifs is 1. The van der Waals surface area contributed by atoms with E-state index in [-0.39, 0.29) is 11.5 Å². The molecule has 0 aliphatic rings. The van der Waals surface area contributed by atoms with Crippen LogP contribution in [0.3, 0.4) is 0 Å². The van der Waals surface area contributed by atoms with Crippen LogP contribution in [0.25, 0.3) is 10.9 Å². The van der Waals surface area contributed by atoms with Crippen molar-refractivity contribution in [3.63, 3.8) is 0 Å². The summed E-state index contributed by atoms with van der Waals surface area (Å²) in [5.41, 5.74) is 9.32. The standard InChI is InChI=1S/C17H18N4O.H2O/c18-9-8-12-11-19-16-7-6-14(10-15(12)16)21-17(22)20-13-4-2-1-3-5-13;/h1-7,10-11,19H,8-9,18H2,(H2,20,21,22);1H2. The molecule has 7 N–H and O–H groups in total. The van der Waals surface area contributed by atoms with Crippen molar-refractivity contribution in [2.24, 2.45) is 5.73 Å². The van der Waals surface area contributed by atoms with Crippen molar-refractivity contribution in [3.05, 3.63) is 60.3 Å². The Morgan fingerprint density at radius 1 is 1.04 bits per heavy atom. The van der Waals surface area contributed by atoms with Gasteiger partial charge in [-0.2, -0.15) is 0 Å². The van der Waals surface area contributed by atoms with Crippen LogP contribution in [-0.2, 0) is 6.42 Å². The van der Waals surface area contributed by atoms with Gasteiger partial charge in [-0.1, -0.05) is 18.2 Å². The summed E-state index contributed by atoms with van der Waals surface area (Å²) >= 11 is 0. The number of hydrogen-bond donors (Lipinski definition) is 4. The van der Waals surface area contributed by atoms with E-state index < -0.39 is 0 Å². The molecule has 0 fully saturated rings. The second-order valence-corrected chi connectivity index (χ2v) is 5.06. The Morgan fingerprint density at radius 2 is 1.78 bits per heavy atom. The lowest BCUT2D eigenvalue weighted by Crippen LogP contribution is -2.19. The van der Waals surface area contributed by atoms with Crippen LogP contribution in [0.4, 0.5) is 16.2 Å².